The maximum Gasteiger partial charge on any atom is 0.0877 e. The molecule has 154 valence electrons. The van der Waals surface area contributed by atoms with Crippen molar-refractivity contribution in [1.82, 2.24) is 10.2 Å². The number of halogens is 2. The third-order valence-corrected chi connectivity index (χ3v) is 7.11. The molecule has 0 atom stereocenters. The number of nitrogens with zero attached hydrogens (tertiary/aromatic N) is 2. The molecule has 4 rings (SSSR count). The van der Waals surface area contributed by atoms with Crippen LogP contribution in [0.2, 0.25) is 5.02 Å². The molecule has 0 aromatic heterocycles. The molecule has 0 radical (unpaired) electrons. The number of nitrogens with one attached hydrogen (secondary N) is 1. The van der Waals surface area contributed by atoms with E-state index in [0.717, 1.165) is 43.5 Å². The highest BCUT2D eigenvalue weighted by Crippen LogP contribution is 2.28. The van der Waals surface area contributed by atoms with Crippen molar-refractivity contribution in [2.45, 2.75) is 25.7 Å². The second-order valence-electron chi connectivity index (χ2n) is 8.10. The molecule has 0 saturated carbocycles. The van der Waals surface area contributed by atoms with Gasteiger partial charge in [0.25, 0.3) is 0 Å². The van der Waals surface area contributed by atoms with E-state index in [1.165, 1.54) is 47.4 Å². The van der Waals surface area contributed by atoms with Gasteiger partial charge in [-0.3, -0.25) is 0 Å². The number of para-hydroxylation sites is 1. The monoisotopic (exact) mass is 473 g/mol. The average Bonchev–Trinajstić information content (AvgIpc) is 2.77. The highest BCUT2D eigenvalue weighted by Gasteiger charge is 2.21. The zero-order chi connectivity index (χ0) is 20.1. The number of benzene rings is 2. The van der Waals surface area contributed by atoms with Gasteiger partial charge >= 0.3 is 0 Å². The molecule has 1 saturated heterocycles. The fourth-order valence-electron chi connectivity index (χ4n) is 4.28. The van der Waals surface area contributed by atoms with Crippen molar-refractivity contribution in [3.63, 3.8) is 0 Å². The molecule has 0 unspecified atom stereocenters. The molecule has 2 aliphatic heterocycles. The van der Waals surface area contributed by atoms with Gasteiger partial charge in [0, 0.05) is 34.0 Å². The first-order chi connectivity index (χ1) is 14.2. The van der Waals surface area contributed by atoms with E-state index in [0.29, 0.717) is 0 Å². The number of likely N-dealkylation sites (tertiary alicyclic amines) is 1. The Morgan fingerprint density at radius 1 is 1.07 bits per heavy atom. The normalized spacial score (nSPS) is 18.4. The Balaban J connectivity index is 1.20. The predicted octanol–water partition coefficient (Wildman–Crippen LogP) is 5.70. The van der Waals surface area contributed by atoms with E-state index in [-0.39, 0.29) is 0 Å². The van der Waals surface area contributed by atoms with Crippen LogP contribution in [-0.2, 0) is 6.42 Å². The predicted molar refractivity (Wildman–Crippen MR) is 127 cm³/mol. The summed E-state index contributed by atoms with van der Waals surface area (Å²) in [6.45, 7) is 5.44. The lowest BCUT2D eigenvalue weighted by Crippen LogP contribution is -2.40. The lowest BCUT2D eigenvalue weighted by atomic mass is 9.90. The summed E-state index contributed by atoms with van der Waals surface area (Å²) in [6, 6.07) is 16.7. The van der Waals surface area contributed by atoms with Gasteiger partial charge in [-0.15, -0.1) is 0 Å². The summed E-state index contributed by atoms with van der Waals surface area (Å²) in [5.41, 5.74) is 4.02. The molecule has 1 fully saturated rings. The maximum absolute atomic E-state index is 6.17. The molecule has 2 aromatic rings. The van der Waals surface area contributed by atoms with Crippen molar-refractivity contribution in [3.05, 3.63) is 75.4 Å². The van der Waals surface area contributed by atoms with Crippen LogP contribution in [0.3, 0.4) is 0 Å². The molecule has 0 bridgehead atoms. The summed E-state index contributed by atoms with van der Waals surface area (Å²) in [6.07, 6.45) is 7.13. The van der Waals surface area contributed by atoms with E-state index < -0.39 is 0 Å². The van der Waals surface area contributed by atoms with Gasteiger partial charge in [0.2, 0.25) is 0 Å². The number of rotatable bonds is 6. The topological polar surface area (TPSA) is 18.5 Å². The van der Waals surface area contributed by atoms with Gasteiger partial charge in [-0.05, 0) is 86.7 Å². The Labute approximate surface area is 187 Å². The molecule has 5 heteroatoms. The van der Waals surface area contributed by atoms with E-state index >= 15 is 0 Å². The minimum absolute atomic E-state index is 0.757. The minimum atomic E-state index is 0.757. The van der Waals surface area contributed by atoms with E-state index in [1.54, 1.807) is 0 Å². The molecular formula is C24H29BrClN3. The van der Waals surface area contributed by atoms with Gasteiger partial charge in [0.15, 0.2) is 0 Å². The average molecular weight is 475 g/mol. The number of hydrogen-bond acceptors (Lipinski definition) is 3. The molecule has 0 amide bonds. The van der Waals surface area contributed by atoms with Crippen molar-refractivity contribution < 1.29 is 0 Å². The van der Waals surface area contributed by atoms with Crippen LogP contribution in [0.4, 0.5) is 5.69 Å². The van der Waals surface area contributed by atoms with Crippen LogP contribution >= 0.6 is 27.5 Å². The first-order valence-electron chi connectivity index (χ1n) is 10.6. The molecule has 1 N–H and O–H groups in total. The maximum atomic E-state index is 6.17. The van der Waals surface area contributed by atoms with E-state index in [9.17, 15) is 0 Å². The van der Waals surface area contributed by atoms with Crippen LogP contribution in [0.5, 0.6) is 0 Å². The Kier molecular flexibility index (Phi) is 7.17. The molecule has 0 spiro atoms. The number of piperidine rings is 1. The molecule has 2 aliphatic rings. The standard InChI is InChI=1S/C24H29BrClN3/c25-24-7-6-21(26)17-20(24)16-19-8-12-28(13-9-19)14-10-22-11-15-29(18-27-22)23-4-2-1-3-5-23/h1-7,11,17,19,27H,8-10,12-16,18H2. The van der Waals surface area contributed by atoms with Crippen molar-refractivity contribution in [2.24, 2.45) is 5.92 Å². The minimum Gasteiger partial charge on any atom is -0.371 e. The van der Waals surface area contributed by atoms with E-state index in [2.05, 4.69) is 79.6 Å². The fraction of sp³-hybridized carbons (Fsp3) is 0.417. The van der Waals surface area contributed by atoms with Crippen LogP contribution in [0, 0.1) is 5.92 Å². The van der Waals surface area contributed by atoms with Crippen LogP contribution < -0.4 is 10.2 Å². The SMILES string of the molecule is Clc1ccc(Br)c(CC2CCN(CCC3=CCN(c4ccccc4)CN3)CC2)c1. The molecule has 0 aliphatic carbocycles. The summed E-state index contributed by atoms with van der Waals surface area (Å²) in [7, 11) is 0. The van der Waals surface area contributed by atoms with Crippen molar-refractivity contribution in [1.29, 1.82) is 0 Å². The molecule has 3 nitrogen and oxygen atoms in total. The number of hydrogen-bond donors (Lipinski definition) is 1. The summed E-state index contributed by atoms with van der Waals surface area (Å²) >= 11 is 9.84. The van der Waals surface area contributed by atoms with Crippen LogP contribution in [0.25, 0.3) is 0 Å². The Morgan fingerprint density at radius 2 is 1.86 bits per heavy atom. The fourth-order valence-corrected chi connectivity index (χ4v) is 4.89. The van der Waals surface area contributed by atoms with Crippen LogP contribution in [0.1, 0.15) is 24.8 Å². The van der Waals surface area contributed by atoms with E-state index in [4.69, 9.17) is 11.6 Å². The van der Waals surface area contributed by atoms with Gasteiger partial charge in [0.05, 0.1) is 6.67 Å². The summed E-state index contributed by atoms with van der Waals surface area (Å²) in [5.74, 6) is 0.757. The lowest BCUT2D eigenvalue weighted by molar-refractivity contribution is 0.185. The Morgan fingerprint density at radius 3 is 2.59 bits per heavy atom. The Bertz CT molecular complexity index is 831. The second-order valence-corrected chi connectivity index (χ2v) is 9.39. The second kappa shape index (κ2) is 10.0. The van der Waals surface area contributed by atoms with Crippen molar-refractivity contribution >= 4 is 33.2 Å². The smallest absolute Gasteiger partial charge is 0.0877 e. The van der Waals surface area contributed by atoms with Gasteiger partial charge < -0.3 is 15.1 Å². The first-order valence-corrected chi connectivity index (χ1v) is 11.7. The van der Waals surface area contributed by atoms with Gasteiger partial charge in [-0.1, -0.05) is 45.7 Å². The summed E-state index contributed by atoms with van der Waals surface area (Å²) in [4.78, 5) is 4.98. The quantitative estimate of drug-likeness (QED) is 0.579. The number of anilines is 1. The summed E-state index contributed by atoms with van der Waals surface area (Å²) in [5, 5.41) is 4.44. The van der Waals surface area contributed by atoms with Crippen molar-refractivity contribution in [3.8, 4) is 0 Å². The Hall–Kier alpha value is -1.49. The van der Waals surface area contributed by atoms with Crippen molar-refractivity contribution in [2.75, 3.05) is 37.7 Å². The molecular weight excluding hydrogens is 446 g/mol. The highest BCUT2D eigenvalue weighted by molar-refractivity contribution is 9.10. The van der Waals surface area contributed by atoms with E-state index in [1.807, 2.05) is 6.07 Å². The van der Waals surface area contributed by atoms with Crippen LogP contribution in [0.15, 0.2) is 64.8 Å². The third-order valence-electron chi connectivity index (χ3n) is 6.10. The lowest BCUT2D eigenvalue weighted by Gasteiger charge is -2.34. The zero-order valence-corrected chi connectivity index (χ0v) is 19.1. The third kappa shape index (κ3) is 5.78. The first kappa shape index (κ1) is 20.8. The molecule has 2 heterocycles. The summed E-state index contributed by atoms with van der Waals surface area (Å²) < 4.78 is 1.18. The molecule has 29 heavy (non-hydrogen) atoms. The van der Waals surface area contributed by atoms with Gasteiger partial charge in [-0.2, -0.15) is 0 Å². The highest BCUT2D eigenvalue weighted by atomic mass is 79.9. The van der Waals surface area contributed by atoms with Crippen LogP contribution in [-0.4, -0.2) is 37.7 Å². The molecule has 2 aromatic carbocycles. The van der Waals surface area contributed by atoms with Gasteiger partial charge in [0.1, 0.15) is 0 Å². The largest absolute Gasteiger partial charge is 0.371 e. The zero-order valence-electron chi connectivity index (χ0n) is 16.8. The van der Waals surface area contributed by atoms with Gasteiger partial charge in [-0.25, -0.2) is 0 Å².